The van der Waals surface area contributed by atoms with Gasteiger partial charge in [0.1, 0.15) is 0 Å². The van der Waals surface area contributed by atoms with Crippen LogP contribution < -0.4 is 0 Å². The zero-order chi connectivity index (χ0) is 10.3. The third-order valence-electron chi connectivity index (χ3n) is 2.89. The molecule has 0 spiro atoms. The van der Waals surface area contributed by atoms with Crippen LogP contribution >= 0.6 is 0 Å². The van der Waals surface area contributed by atoms with Crippen molar-refractivity contribution >= 4 is 5.97 Å². The summed E-state index contributed by atoms with van der Waals surface area (Å²) in [6.45, 7) is 1.86. The molecule has 14 heavy (non-hydrogen) atoms. The van der Waals surface area contributed by atoms with Crippen molar-refractivity contribution in [1.82, 2.24) is 4.57 Å². The van der Waals surface area contributed by atoms with Gasteiger partial charge in [0.2, 0.25) is 0 Å². The van der Waals surface area contributed by atoms with Gasteiger partial charge in [0, 0.05) is 18.9 Å². The van der Waals surface area contributed by atoms with E-state index in [1.807, 2.05) is 24.7 Å². The van der Waals surface area contributed by atoms with E-state index in [4.69, 9.17) is 5.11 Å². The number of nitrogens with zero attached hydrogens (tertiary/aromatic N) is 1. The van der Waals surface area contributed by atoms with Crippen molar-refractivity contribution in [3.8, 4) is 0 Å². The molecule has 1 heterocycles. The van der Waals surface area contributed by atoms with Crippen LogP contribution in [0.3, 0.4) is 0 Å². The maximum atomic E-state index is 11.0. The molecule has 0 aromatic carbocycles. The Morgan fingerprint density at radius 2 is 2.29 bits per heavy atom. The lowest BCUT2D eigenvalue weighted by atomic mass is 10.1. The van der Waals surface area contributed by atoms with Crippen molar-refractivity contribution in [1.29, 1.82) is 0 Å². The fourth-order valence-electron chi connectivity index (χ4n) is 1.97. The van der Waals surface area contributed by atoms with Gasteiger partial charge in [-0.3, -0.25) is 0 Å². The van der Waals surface area contributed by atoms with E-state index in [-0.39, 0.29) is 0 Å². The van der Waals surface area contributed by atoms with Gasteiger partial charge >= 0.3 is 5.97 Å². The highest BCUT2D eigenvalue weighted by Crippen LogP contribution is 2.34. The van der Waals surface area contributed by atoms with Crippen LogP contribution in [0.15, 0.2) is 6.20 Å². The summed E-state index contributed by atoms with van der Waals surface area (Å²) in [5.41, 5.74) is 2.37. The summed E-state index contributed by atoms with van der Waals surface area (Å²) in [5.74, 6) is -0.0696. The zero-order valence-electron chi connectivity index (χ0n) is 8.58. The molecular formula is C11H15NO2. The second-order valence-corrected chi connectivity index (χ2v) is 4.20. The molecule has 1 aromatic rings. The van der Waals surface area contributed by atoms with Gasteiger partial charge in [-0.15, -0.1) is 0 Å². The van der Waals surface area contributed by atoms with Crippen LogP contribution in [-0.2, 0) is 13.5 Å². The summed E-state index contributed by atoms with van der Waals surface area (Å²) < 4.78 is 1.96. The second kappa shape index (κ2) is 3.15. The SMILES string of the molecule is Cc1cn(C)c(CC2CC2)c1C(=O)O. The minimum Gasteiger partial charge on any atom is -0.478 e. The van der Waals surface area contributed by atoms with Crippen molar-refractivity contribution in [2.45, 2.75) is 26.2 Å². The molecule has 0 saturated heterocycles. The molecule has 0 amide bonds. The maximum Gasteiger partial charge on any atom is 0.337 e. The van der Waals surface area contributed by atoms with Gasteiger partial charge in [-0.05, 0) is 37.7 Å². The van der Waals surface area contributed by atoms with Crippen LogP contribution in [0.5, 0.6) is 0 Å². The van der Waals surface area contributed by atoms with Crippen LogP contribution in [0.25, 0.3) is 0 Å². The van der Waals surface area contributed by atoms with E-state index in [1.165, 1.54) is 12.8 Å². The van der Waals surface area contributed by atoms with Crippen LogP contribution in [0.1, 0.15) is 34.5 Å². The molecule has 0 radical (unpaired) electrons. The van der Waals surface area contributed by atoms with Gasteiger partial charge in [-0.25, -0.2) is 4.79 Å². The number of carboxylic acid groups (broad SMARTS) is 1. The number of aromatic nitrogens is 1. The highest BCUT2D eigenvalue weighted by Gasteiger charge is 2.26. The normalized spacial score (nSPS) is 15.9. The number of carbonyl (C=O) groups is 1. The predicted octanol–water partition coefficient (Wildman–Crippen LogP) is 1.98. The standard InChI is InChI=1S/C11H15NO2/c1-7-6-12(2)9(5-8-3-4-8)10(7)11(13)14/h6,8H,3-5H2,1-2H3,(H,13,14). The zero-order valence-corrected chi connectivity index (χ0v) is 8.58. The average molecular weight is 193 g/mol. The highest BCUT2D eigenvalue weighted by molar-refractivity contribution is 5.90. The Hall–Kier alpha value is -1.25. The Kier molecular flexibility index (Phi) is 2.10. The van der Waals surface area contributed by atoms with Crippen LogP contribution in [0.2, 0.25) is 0 Å². The van der Waals surface area contributed by atoms with Gasteiger partial charge in [0.25, 0.3) is 0 Å². The number of hydrogen-bond acceptors (Lipinski definition) is 1. The number of aromatic carboxylic acids is 1. The quantitative estimate of drug-likeness (QED) is 0.797. The second-order valence-electron chi connectivity index (χ2n) is 4.20. The summed E-state index contributed by atoms with van der Waals surface area (Å²) >= 11 is 0. The van der Waals surface area contributed by atoms with E-state index in [2.05, 4.69) is 0 Å². The minimum atomic E-state index is -0.793. The summed E-state index contributed by atoms with van der Waals surface area (Å²) in [4.78, 5) is 11.0. The maximum absolute atomic E-state index is 11.0. The Labute approximate surface area is 83.4 Å². The third kappa shape index (κ3) is 1.54. The van der Waals surface area contributed by atoms with E-state index in [0.29, 0.717) is 5.56 Å². The van der Waals surface area contributed by atoms with Gasteiger partial charge in [-0.2, -0.15) is 0 Å². The highest BCUT2D eigenvalue weighted by atomic mass is 16.4. The molecule has 2 rings (SSSR count). The minimum absolute atomic E-state index is 0.513. The molecule has 1 aliphatic rings. The van der Waals surface area contributed by atoms with Crippen molar-refractivity contribution in [2.24, 2.45) is 13.0 Å². The molecule has 1 fully saturated rings. The fourth-order valence-corrected chi connectivity index (χ4v) is 1.97. The van der Waals surface area contributed by atoms with Gasteiger partial charge in [-0.1, -0.05) is 0 Å². The molecule has 0 bridgehead atoms. The summed E-state index contributed by atoms with van der Waals surface area (Å²) in [6.07, 6.45) is 5.33. The molecule has 1 N–H and O–H groups in total. The molecule has 1 aromatic heterocycles. The molecular weight excluding hydrogens is 178 g/mol. The van der Waals surface area contributed by atoms with E-state index in [0.717, 1.165) is 23.6 Å². The smallest absolute Gasteiger partial charge is 0.337 e. The third-order valence-corrected chi connectivity index (χ3v) is 2.89. The van der Waals surface area contributed by atoms with Crippen molar-refractivity contribution in [2.75, 3.05) is 0 Å². The topological polar surface area (TPSA) is 42.2 Å². The largest absolute Gasteiger partial charge is 0.478 e. The van der Waals surface area contributed by atoms with Crippen molar-refractivity contribution < 1.29 is 9.90 Å². The molecule has 76 valence electrons. The number of carboxylic acids is 1. The van der Waals surface area contributed by atoms with Gasteiger partial charge < -0.3 is 9.67 Å². The van der Waals surface area contributed by atoms with Crippen molar-refractivity contribution in [3.05, 3.63) is 23.0 Å². The average Bonchev–Trinajstić information content (AvgIpc) is 2.80. The Morgan fingerprint density at radius 1 is 1.64 bits per heavy atom. The first kappa shape index (κ1) is 9.31. The fraction of sp³-hybridized carbons (Fsp3) is 0.545. The van der Waals surface area contributed by atoms with E-state index < -0.39 is 5.97 Å². The monoisotopic (exact) mass is 193 g/mol. The summed E-state index contributed by atoms with van der Waals surface area (Å²) in [6, 6.07) is 0. The van der Waals surface area contributed by atoms with Gasteiger partial charge in [0.15, 0.2) is 0 Å². The van der Waals surface area contributed by atoms with Crippen LogP contribution in [0.4, 0.5) is 0 Å². The summed E-state index contributed by atoms with van der Waals surface area (Å²) in [5, 5.41) is 9.08. The number of rotatable bonds is 3. The Morgan fingerprint density at radius 3 is 2.79 bits per heavy atom. The Balaban J connectivity index is 2.38. The van der Waals surface area contributed by atoms with Crippen molar-refractivity contribution in [3.63, 3.8) is 0 Å². The van der Waals surface area contributed by atoms with Crippen LogP contribution in [0, 0.1) is 12.8 Å². The number of aryl methyl sites for hydroxylation is 2. The first-order chi connectivity index (χ1) is 6.59. The lowest BCUT2D eigenvalue weighted by molar-refractivity contribution is 0.0695. The molecule has 0 unspecified atom stereocenters. The first-order valence-electron chi connectivity index (χ1n) is 4.97. The first-order valence-corrected chi connectivity index (χ1v) is 4.97. The Bertz CT molecular complexity index is 375. The molecule has 3 nitrogen and oxygen atoms in total. The molecule has 0 atom stereocenters. The van der Waals surface area contributed by atoms with Gasteiger partial charge in [0.05, 0.1) is 5.56 Å². The summed E-state index contributed by atoms with van der Waals surface area (Å²) in [7, 11) is 1.93. The predicted molar refractivity (Wildman–Crippen MR) is 53.5 cm³/mol. The molecule has 1 aliphatic carbocycles. The lowest BCUT2D eigenvalue weighted by Gasteiger charge is -2.03. The molecule has 1 saturated carbocycles. The van der Waals surface area contributed by atoms with E-state index in [1.54, 1.807) is 0 Å². The van der Waals surface area contributed by atoms with E-state index >= 15 is 0 Å². The van der Waals surface area contributed by atoms with E-state index in [9.17, 15) is 4.79 Å². The molecule has 0 aliphatic heterocycles. The molecule has 3 heteroatoms. The number of hydrogen-bond donors (Lipinski definition) is 1. The lowest BCUT2D eigenvalue weighted by Crippen LogP contribution is -2.05. The van der Waals surface area contributed by atoms with Crippen LogP contribution in [-0.4, -0.2) is 15.6 Å².